The highest BCUT2D eigenvalue weighted by Crippen LogP contribution is 2.46. The van der Waals surface area contributed by atoms with Crippen molar-refractivity contribution in [2.75, 3.05) is 13.1 Å². The first-order valence-corrected chi connectivity index (χ1v) is 8.76. The van der Waals surface area contributed by atoms with Gasteiger partial charge in [0, 0.05) is 18.1 Å². The molecule has 1 saturated carbocycles. The Hall–Kier alpha value is -0.0800. The van der Waals surface area contributed by atoms with Gasteiger partial charge < -0.3 is 5.73 Å². The monoisotopic (exact) mass is 282 g/mol. The fraction of sp³-hybridized carbons (Fsp3) is 1.00. The maximum absolute atomic E-state index is 6.32. The third-order valence-corrected chi connectivity index (χ3v) is 5.56. The lowest BCUT2D eigenvalue weighted by Crippen LogP contribution is -2.63. The first-order valence-electron chi connectivity index (χ1n) is 8.76. The van der Waals surface area contributed by atoms with E-state index in [1.165, 1.54) is 45.1 Å². The van der Waals surface area contributed by atoms with E-state index in [1.807, 2.05) is 0 Å². The smallest absolute Gasteiger partial charge is 0.0360 e. The number of hydrogen-bond acceptors (Lipinski definition) is 2. The predicted octanol–water partition coefficient (Wildman–Crippen LogP) is 4.43. The van der Waals surface area contributed by atoms with Crippen LogP contribution in [0.15, 0.2) is 0 Å². The molecule has 0 aromatic rings. The van der Waals surface area contributed by atoms with Crippen molar-refractivity contribution < 1.29 is 0 Å². The van der Waals surface area contributed by atoms with E-state index in [2.05, 4.69) is 46.4 Å². The number of nitrogens with zero attached hydrogens (tertiary/aromatic N) is 1. The van der Waals surface area contributed by atoms with E-state index in [-0.39, 0.29) is 5.54 Å². The molecule has 2 unspecified atom stereocenters. The summed E-state index contributed by atoms with van der Waals surface area (Å²) in [5.41, 5.74) is 7.04. The molecule has 0 radical (unpaired) electrons. The lowest BCUT2D eigenvalue weighted by molar-refractivity contribution is -0.0402. The molecular weight excluding hydrogens is 244 g/mol. The minimum Gasteiger partial charge on any atom is -0.329 e. The van der Waals surface area contributed by atoms with Gasteiger partial charge in [0.05, 0.1) is 0 Å². The molecule has 0 aromatic carbocycles. The summed E-state index contributed by atoms with van der Waals surface area (Å²) in [6, 6.07) is 0.596. The summed E-state index contributed by atoms with van der Waals surface area (Å²) >= 11 is 0. The summed E-state index contributed by atoms with van der Waals surface area (Å²) in [4.78, 5) is 2.74. The van der Waals surface area contributed by atoms with E-state index in [0.29, 0.717) is 17.4 Å². The minimum absolute atomic E-state index is 0.234. The maximum Gasteiger partial charge on any atom is 0.0360 e. The normalized spacial score (nSPS) is 30.1. The Labute approximate surface area is 127 Å². The van der Waals surface area contributed by atoms with Crippen LogP contribution < -0.4 is 5.73 Å². The van der Waals surface area contributed by atoms with Crippen LogP contribution in [0.5, 0.6) is 0 Å². The topological polar surface area (TPSA) is 29.3 Å². The van der Waals surface area contributed by atoms with Gasteiger partial charge in [-0.25, -0.2) is 0 Å². The fourth-order valence-electron chi connectivity index (χ4n) is 4.30. The van der Waals surface area contributed by atoms with Crippen molar-refractivity contribution in [3.63, 3.8) is 0 Å². The van der Waals surface area contributed by atoms with Gasteiger partial charge in [0.1, 0.15) is 0 Å². The standard InChI is InChI=1S/C18H38N2/c1-7-8-9-12-20(15(2)3)18(14-19)11-10-17(5,6)13-16(18)4/h15-16H,7-14,19H2,1-6H3. The van der Waals surface area contributed by atoms with Crippen molar-refractivity contribution in [1.29, 1.82) is 0 Å². The van der Waals surface area contributed by atoms with Crippen LogP contribution in [0.3, 0.4) is 0 Å². The van der Waals surface area contributed by atoms with Crippen molar-refractivity contribution in [3.05, 3.63) is 0 Å². The SMILES string of the molecule is CCCCCN(C(C)C)C1(CN)CCC(C)(C)CC1C. The molecule has 0 saturated heterocycles. The van der Waals surface area contributed by atoms with Gasteiger partial charge in [-0.05, 0) is 57.4 Å². The van der Waals surface area contributed by atoms with Crippen LogP contribution >= 0.6 is 0 Å². The van der Waals surface area contributed by atoms with Crippen molar-refractivity contribution >= 4 is 0 Å². The van der Waals surface area contributed by atoms with Crippen LogP contribution in [-0.4, -0.2) is 29.6 Å². The van der Waals surface area contributed by atoms with Crippen LogP contribution in [0, 0.1) is 11.3 Å². The summed E-state index contributed by atoms with van der Waals surface area (Å²) in [7, 11) is 0. The van der Waals surface area contributed by atoms with E-state index in [9.17, 15) is 0 Å². The number of unbranched alkanes of at least 4 members (excludes halogenated alkanes) is 2. The van der Waals surface area contributed by atoms with E-state index in [4.69, 9.17) is 5.73 Å². The molecule has 1 fully saturated rings. The Balaban J connectivity index is 2.88. The van der Waals surface area contributed by atoms with E-state index < -0.39 is 0 Å². The fourth-order valence-corrected chi connectivity index (χ4v) is 4.30. The second-order valence-electron chi connectivity index (χ2n) is 8.07. The number of rotatable bonds is 7. The van der Waals surface area contributed by atoms with E-state index >= 15 is 0 Å². The lowest BCUT2D eigenvalue weighted by Gasteiger charge is -2.55. The predicted molar refractivity (Wildman–Crippen MR) is 89.9 cm³/mol. The summed E-state index contributed by atoms with van der Waals surface area (Å²) in [5.74, 6) is 0.695. The van der Waals surface area contributed by atoms with Crippen LogP contribution in [-0.2, 0) is 0 Å². The maximum atomic E-state index is 6.32. The first kappa shape index (κ1) is 18.0. The van der Waals surface area contributed by atoms with Crippen molar-refractivity contribution in [2.45, 2.75) is 91.6 Å². The second kappa shape index (κ2) is 7.26. The van der Waals surface area contributed by atoms with E-state index in [0.717, 1.165) is 6.54 Å². The second-order valence-corrected chi connectivity index (χ2v) is 8.07. The molecule has 2 heteroatoms. The zero-order valence-electron chi connectivity index (χ0n) is 14.8. The Morgan fingerprint density at radius 2 is 1.85 bits per heavy atom. The zero-order valence-corrected chi connectivity index (χ0v) is 14.8. The summed E-state index contributed by atoms with van der Waals surface area (Å²) in [5, 5.41) is 0. The molecule has 0 amide bonds. The molecule has 120 valence electrons. The molecule has 2 N–H and O–H groups in total. The number of nitrogens with two attached hydrogens (primary N) is 1. The highest BCUT2D eigenvalue weighted by Gasteiger charge is 2.47. The van der Waals surface area contributed by atoms with Crippen molar-refractivity contribution in [2.24, 2.45) is 17.1 Å². The lowest BCUT2D eigenvalue weighted by atomic mass is 9.63. The zero-order chi connectivity index (χ0) is 15.4. The average molecular weight is 283 g/mol. The average Bonchev–Trinajstić information content (AvgIpc) is 2.35. The van der Waals surface area contributed by atoms with Gasteiger partial charge in [0.2, 0.25) is 0 Å². The molecule has 1 aliphatic rings. The molecule has 0 aromatic heterocycles. The summed E-state index contributed by atoms with van der Waals surface area (Å²) < 4.78 is 0. The van der Waals surface area contributed by atoms with Crippen LogP contribution in [0.2, 0.25) is 0 Å². The third-order valence-electron chi connectivity index (χ3n) is 5.56. The summed E-state index contributed by atoms with van der Waals surface area (Å²) in [6.45, 7) is 16.3. The highest BCUT2D eigenvalue weighted by molar-refractivity contribution is 5.02. The van der Waals surface area contributed by atoms with Gasteiger partial charge in [0.15, 0.2) is 0 Å². The van der Waals surface area contributed by atoms with Gasteiger partial charge in [-0.3, -0.25) is 4.90 Å². The van der Waals surface area contributed by atoms with Gasteiger partial charge in [-0.2, -0.15) is 0 Å². The quantitative estimate of drug-likeness (QED) is 0.700. The van der Waals surface area contributed by atoms with Crippen LogP contribution in [0.25, 0.3) is 0 Å². The number of hydrogen-bond donors (Lipinski definition) is 1. The molecule has 2 atom stereocenters. The minimum atomic E-state index is 0.234. The van der Waals surface area contributed by atoms with Crippen molar-refractivity contribution in [1.82, 2.24) is 4.90 Å². The first-order chi connectivity index (χ1) is 9.29. The van der Waals surface area contributed by atoms with Gasteiger partial charge in [-0.1, -0.05) is 40.5 Å². The van der Waals surface area contributed by atoms with Gasteiger partial charge in [-0.15, -0.1) is 0 Å². The molecule has 0 aliphatic heterocycles. The van der Waals surface area contributed by atoms with Gasteiger partial charge in [0.25, 0.3) is 0 Å². The van der Waals surface area contributed by atoms with Crippen LogP contribution in [0.1, 0.15) is 80.1 Å². The van der Waals surface area contributed by atoms with E-state index in [1.54, 1.807) is 0 Å². The Morgan fingerprint density at radius 3 is 2.30 bits per heavy atom. The Kier molecular flexibility index (Phi) is 6.53. The third kappa shape index (κ3) is 3.98. The largest absolute Gasteiger partial charge is 0.329 e. The molecule has 1 aliphatic carbocycles. The Bertz CT molecular complexity index is 285. The van der Waals surface area contributed by atoms with Crippen LogP contribution in [0.4, 0.5) is 0 Å². The molecule has 0 spiro atoms. The summed E-state index contributed by atoms with van der Waals surface area (Å²) in [6.07, 6.45) is 7.83. The molecule has 0 bridgehead atoms. The highest BCUT2D eigenvalue weighted by atomic mass is 15.2. The Morgan fingerprint density at radius 1 is 1.20 bits per heavy atom. The van der Waals surface area contributed by atoms with Crippen molar-refractivity contribution in [3.8, 4) is 0 Å². The molecule has 0 heterocycles. The van der Waals surface area contributed by atoms with Gasteiger partial charge >= 0.3 is 0 Å². The molecule has 2 nitrogen and oxygen atoms in total. The molecule has 20 heavy (non-hydrogen) atoms. The molecule has 1 rings (SSSR count). The molecular formula is C18H38N2.